The van der Waals surface area contributed by atoms with Gasteiger partial charge in [0.1, 0.15) is 0 Å². The number of ether oxygens (including phenoxy) is 2. The predicted octanol–water partition coefficient (Wildman–Crippen LogP) is 0.649. The lowest BCUT2D eigenvalue weighted by molar-refractivity contribution is 0.0594. The molecule has 0 aromatic carbocycles. The van der Waals surface area contributed by atoms with Gasteiger partial charge in [-0.1, -0.05) is 0 Å². The highest BCUT2D eigenvalue weighted by atomic mass is 16.5. The summed E-state index contributed by atoms with van der Waals surface area (Å²) in [5.41, 5.74) is 1.22. The van der Waals surface area contributed by atoms with Crippen LogP contribution < -0.4 is 0 Å². The second-order valence-electron chi connectivity index (χ2n) is 3.53. The fourth-order valence-electron chi connectivity index (χ4n) is 1.51. The van der Waals surface area contributed by atoms with Crippen LogP contribution in [0.5, 0.6) is 0 Å². The van der Waals surface area contributed by atoms with Gasteiger partial charge in [-0.15, -0.1) is 0 Å². The highest BCUT2D eigenvalue weighted by Crippen LogP contribution is 2.08. The van der Waals surface area contributed by atoms with E-state index in [4.69, 9.17) is 4.74 Å². The molecule has 0 aliphatic rings. The third-order valence-electron chi connectivity index (χ3n) is 2.40. The maximum Gasteiger partial charge on any atom is 0.358 e. The molecule has 7 heteroatoms. The van der Waals surface area contributed by atoms with Crippen molar-refractivity contribution in [2.45, 2.75) is 13.5 Å². The Bertz CT molecular complexity index is 552. The van der Waals surface area contributed by atoms with Crippen LogP contribution in [-0.2, 0) is 16.0 Å². The maximum absolute atomic E-state index is 11.4. The van der Waals surface area contributed by atoms with Crippen molar-refractivity contribution in [1.29, 1.82) is 0 Å². The van der Waals surface area contributed by atoms with Crippen LogP contribution in [0.3, 0.4) is 0 Å². The molecule has 2 aromatic rings. The van der Waals surface area contributed by atoms with Crippen LogP contribution in [0.1, 0.15) is 17.4 Å². The van der Waals surface area contributed by atoms with Crippen LogP contribution in [0, 0.1) is 0 Å². The molecule has 0 N–H and O–H groups in total. The number of esters is 1. The summed E-state index contributed by atoms with van der Waals surface area (Å²) in [6, 6.07) is 0. The van der Waals surface area contributed by atoms with E-state index in [0.29, 0.717) is 31.1 Å². The number of aromatic nitrogens is 4. The Morgan fingerprint density at radius 2 is 2.28 bits per heavy atom. The fraction of sp³-hybridized carbons (Fsp3) is 0.455. The van der Waals surface area contributed by atoms with E-state index in [1.54, 1.807) is 10.9 Å². The Balaban J connectivity index is 2.28. The van der Waals surface area contributed by atoms with Crippen molar-refractivity contribution in [1.82, 2.24) is 19.5 Å². The molecule has 2 heterocycles. The Labute approximate surface area is 104 Å². The van der Waals surface area contributed by atoms with Crippen molar-refractivity contribution in [2.75, 3.05) is 20.3 Å². The van der Waals surface area contributed by atoms with Gasteiger partial charge < -0.3 is 14.0 Å². The molecule has 0 saturated heterocycles. The zero-order valence-corrected chi connectivity index (χ0v) is 10.3. The monoisotopic (exact) mass is 250 g/mol. The van der Waals surface area contributed by atoms with Gasteiger partial charge in [0.25, 0.3) is 0 Å². The SMILES string of the molecule is CCOCCn1cnc2ncc(C(=O)OC)nc21. The van der Waals surface area contributed by atoms with Gasteiger partial charge >= 0.3 is 5.97 Å². The molecule has 0 radical (unpaired) electrons. The van der Waals surface area contributed by atoms with Crippen molar-refractivity contribution in [2.24, 2.45) is 0 Å². The first-order chi connectivity index (χ1) is 8.76. The average molecular weight is 250 g/mol. The van der Waals surface area contributed by atoms with Gasteiger partial charge in [-0.05, 0) is 6.92 Å². The van der Waals surface area contributed by atoms with Crippen molar-refractivity contribution >= 4 is 17.3 Å². The quantitative estimate of drug-likeness (QED) is 0.572. The summed E-state index contributed by atoms with van der Waals surface area (Å²) in [4.78, 5) is 23.7. The normalized spacial score (nSPS) is 10.8. The molecule has 0 amide bonds. The molecule has 0 aliphatic carbocycles. The zero-order chi connectivity index (χ0) is 13.0. The Morgan fingerprint density at radius 1 is 1.44 bits per heavy atom. The Kier molecular flexibility index (Phi) is 3.83. The zero-order valence-electron chi connectivity index (χ0n) is 10.3. The molecule has 96 valence electrons. The van der Waals surface area contributed by atoms with Crippen LogP contribution in [0.4, 0.5) is 0 Å². The van der Waals surface area contributed by atoms with Gasteiger partial charge in [-0.25, -0.2) is 19.7 Å². The van der Waals surface area contributed by atoms with E-state index in [1.165, 1.54) is 13.3 Å². The fourth-order valence-corrected chi connectivity index (χ4v) is 1.51. The summed E-state index contributed by atoms with van der Waals surface area (Å²) in [5.74, 6) is -0.512. The second-order valence-corrected chi connectivity index (χ2v) is 3.53. The second kappa shape index (κ2) is 5.54. The van der Waals surface area contributed by atoms with Crippen LogP contribution in [0.2, 0.25) is 0 Å². The molecule has 0 aliphatic heterocycles. The van der Waals surface area contributed by atoms with Gasteiger partial charge in [-0.3, -0.25) is 0 Å². The topological polar surface area (TPSA) is 79.1 Å². The van der Waals surface area contributed by atoms with Crippen LogP contribution in [0.15, 0.2) is 12.5 Å². The number of imidazole rings is 1. The summed E-state index contributed by atoms with van der Waals surface area (Å²) >= 11 is 0. The third-order valence-corrected chi connectivity index (χ3v) is 2.40. The minimum absolute atomic E-state index is 0.170. The van der Waals surface area contributed by atoms with Crippen LogP contribution >= 0.6 is 0 Å². The van der Waals surface area contributed by atoms with Gasteiger partial charge in [0.05, 0.1) is 26.2 Å². The minimum Gasteiger partial charge on any atom is -0.464 e. The molecular weight excluding hydrogens is 236 g/mol. The first-order valence-corrected chi connectivity index (χ1v) is 5.60. The summed E-state index contributed by atoms with van der Waals surface area (Å²) in [6.07, 6.45) is 2.98. The van der Waals surface area contributed by atoms with Crippen molar-refractivity contribution in [3.8, 4) is 0 Å². The highest BCUT2D eigenvalue weighted by molar-refractivity contribution is 5.88. The van der Waals surface area contributed by atoms with E-state index < -0.39 is 5.97 Å². The molecular formula is C11H14N4O3. The van der Waals surface area contributed by atoms with Crippen LogP contribution in [-0.4, -0.2) is 45.8 Å². The van der Waals surface area contributed by atoms with Gasteiger partial charge in [0.15, 0.2) is 17.0 Å². The molecule has 7 nitrogen and oxygen atoms in total. The molecule has 2 aromatic heterocycles. The van der Waals surface area contributed by atoms with Gasteiger partial charge in [0.2, 0.25) is 0 Å². The van der Waals surface area contributed by atoms with Gasteiger partial charge in [-0.2, -0.15) is 0 Å². The molecule has 0 saturated carbocycles. The van der Waals surface area contributed by atoms with Crippen molar-refractivity contribution < 1.29 is 14.3 Å². The van der Waals surface area contributed by atoms with E-state index in [0.717, 1.165) is 0 Å². The van der Waals surface area contributed by atoms with Crippen molar-refractivity contribution in [3.05, 3.63) is 18.2 Å². The molecule has 0 unspecified atom stereocenters. The molecule has 0 bridgehead atoms. The molecule has 2 rings (SSSR count). The number of methoxy groups -OCH3 is 1. The van der Waals surface area contributed by atoms with E-state index in [-0.39, 0.29) is 5.69 Å². The number of fused-ring (bicyclic) bond motifs is 1. The lowest BCUT2D eigenvalue weighted by Gasteiger charge is -2.04. The first kappa shape index (κ1) is 12.4. The number of carbonyl (C=O) groups is 1. The molecule has 0 atom stereocenters. The number of hydrogen-bond acceptors (Lipinski definition) is 6. The van der Waals surface area contributed by atoms with E-state index in [1.807, 2.05) is 6.92 Å². The number of hydrogen-bond donors (Lipinski definition) is 0. The molecule has 0 fully saturated rings. The first-order valence-electron chi connectivity index (χ1n) is 5.60. The largest absolute Gasteiger partial charge is 0.464 e. The standard InChI is InChI=1S/C11H14N4O3/c1-3-18-5-4-15-7-13-9-10(15)14-8(6-12-9)11(16)17-2/h6-7H,3-5H2,1-2H3. The van der Waals surface area contributed by atoms with E-state index >= 15 is 0 Å². The Morgan fingerprint density at radius 3 is 3.00 bits per heavy atom. The molecule has 18 heavy (non-hydrogen) atoms. The van der Waals surface area contributed by atoms with Gasteiger partial charge in [0, 0.05) is 13.2 Å². The number of carbonyl (C=O) groups excluding carboxylic acids is 1. The predicted molar refractivity (Wildman–Crippen MR) is 63.2 cm³/mol. The summed E-state index contributed by atoms with van der Waals surface area (Å²) in [6.45, 7) is 3.77. The number of rotatable bonds is 5. The van der Waals surface area contributed by atoms with Crippen molar-refractivity contribution in [3.63, 3.8) is 0 Å². The maximum atomic E-state index is 11.4. The van der Waals surface area contributed by atoms with E-state index in [2.05, 4.69) is 19.7 Å². The van der Waals surface area contributed by atoms with E-state index in [9.17, 15) is 4.79 Å². The summed E-state index contributed by atoms with van der Waals surface area (Å²) in [7, 11) is 1.31. The average Bonchev–Trinajstić information content (AvgIpc) is 2.81. The Hall–Kier alpha value is -2.02. The van der Waals surface area contributed by atoms with Crippen LogP contribution in [0.25, 0.3) is 11.3 Å². The summed E-state index contributed by atoms with van der Waals surface area (Å²) < 4.78 is 11.7. The lowest BCUT2D eigenvalue weighted by Crippen LogP contribution is -2.09. The third kappa shape index (κ3) is 2.45. The lowest BCUT2D eigenvalue weighted by atomic mass is 10.4. The highest BCUT2D eigenvalue weighted by Gasteiger charge is 2.12. The number of nitrogens with zero attached hydrogens (tertiary/aromatic N) is 4. The smallest absolute Gasteiger partial charge is 0.358 e. The minimum atomic E-state index is -0.512. The summed E-state index contributed by atoms with van der Waals surface area (Å²) in [5, 5.41) is 0. The molecule has 0 spiro atoms.